The molecular weight excluding hydrogens is 248 g/mol. The Hall–Kier alpha value is -1.09. The predicted octanol–water partition coefficient (Wildman–Crippen LogP) is 3.71. The van der Waals surface area contributed by atoms with Gasteiger partial charge in [-0.25, -0.2) is 4.98 Å². The number of hydrogen-bond acceptors (Lipinski definition) is 3. The molecule has 1 aromatic heterocycles. The molecule has 112 valence electrons. The predicted molar refractivity (Wildman–Crippen MR) is 83.1 cm³/mol. The maximum atomic E-state index is 5.85. The van der Waals surface area contributed by atoms with Gasteiger partial charge in [-0.05, 0) is 43.4 Å². The molecule has 1 aliphatic carbocycles. The van der Waals surface area contributed by atoms with Crippen molar-refractivity contribution in [2.24, 2.45) is 5.92 Å². The van der Waals surface area contributed by atoms with Crippen molar-refractivity contribution in [1.29, 1.82) is 0 Å². The monoisotopic (exact) mass is 276 g/mol. The smallest absolute Gasteiger partial charge is 0.213 e. The maximum Gasteiger partial charge on any atom is 0.213 e. The molecule has 20 heavy (non-hydrogen) atoms. The van der Waals surface area contributed by atoms with Crippen LogP contribution in [0.5, 0.6) is 5.88 Å². The highest BCUT2D eigenvalue weighted by atomic mass is 16.5. The average molecular weight is 276 g/mol. The molecule has 1 N–H and O–H groups in total. The molecule has 1 heterocycles. The first kappa shape index (κ1) is 15.3. The van der Waals surface area contributed by atoms with E-state index >= 15 is 0 Å². The fourth-order valence-corrected chi connectivity index (χ4v) is 2.33. The van der Waals surface area contributed by atoms with E-state index < -0.39 is 0 Å². The highest BCUT2D eigenvalue weighted by molar-refractivity contribution is 5.25. The minimum Gasteiger partial charge on any atom is -0.478 e. The molecule has 0 unspecified atom stereocenters. The summed E-state index contributed by atoms with van der Waals surface area (Å²) in [6, 6.07) is 4.30. The van der Waals surface area contributed by atoms with Crippen LogP contribution in [0.1, 0.15) is 57.2 Å². The lowest BCUT2D eigenvalue weighted by molar-refractivity contribution is 0.290. The van der Waals surface area contributed by atoms with Gasteiger partial charge in [0, 0.05) is 18.3 Å². The number of aryl methyl sites for hydroxylation is 1. The zero-order valence-corrected chi connectivity index (χ0v) is 13.0. The van der Waals surface area contributed by atoms with Crippen LogP contribution in [0, 0.1) is 5.92 Å². The lowest BCUT2D eigenvalue weighted by atomic mass is 10.1. The summed E-state index contributed by atoms with van der Waals surface area (Å²) in [4.78, 5) is 4.62. The third-order valence-corrected chi connectivity index (χ3v) is 3.65. The Morgan fingerprint density at radius 3 is 2.80 bits per heavy atom. The molecule has 1 aromatic rings. The molecule has 0 aromatic carbocycles. The third-order valence-electron chi connectivity index (χ3n) is 3.65. The van der Waals surface area contributed by atoms with Crippen LogP contribution < -0.4 is 10.1 Å². The average Bonchev–Trinajstić information content (AvgIpc) is 3.23. The van der Waals surface area contributed by atoms with Gasteiger partial charge in [0.1, 0.15) is 0 Å². The zero-order valence-electron chi connectivity index (χ0n) is 13.0. The lowest BCUT2D eigenvalue weighted by Crippen LogP contribution is -2.14. The molecule has 1 fully saturated rings. The topological polar surface area (TPSA) is 34.2 Å². The lowest BCUT2D eigenvalue weighted by Gasteiger charge is -2.10. The van der Waals surface area contributed by atoms with Crippen LogP contribution in [-0.4, -0.2) is 18.1 Å². The van der Waals surface area contributed by atoms with Gasteiger partial charge in [-0.3, -0.25) is 0 Å². The van der Waals surface area contributed by atoms with E-state index in [0.717, 1.165) is 56.5 Å². The molecule has 0 radical (unpaired) electrons. The number of pyridine rings is 1. The molecule has 2 rings (SSSR count). The maximum absolute atomic E-state index is 5.85. The van der Waals surface area contributed by atoms with Crippen LogP contribution in [0.2, 0.25) is 0 Å². The number of hydrogen-bond donors (Lipinski definition) is 1. The van der Waals surface area contributed by atoms with Crippen LogP contribution >= 0.6 is 0 Å². The summed E-state index contributed by atoms with van der Waals surface area (Å²) in [6.07, 6.45) is 7.28. The van der Waals surface area contributed by atoms with Crippen LogP contribution in [0.25, 0.3) is 0 Å². The Balaban J connectivity index is 1.91. The standard InChI is InChI=1S/C17H28N2O/c1-3-5-16-11-15(13-18-9-4-2)12-17(19-16)20-10-8-14-6-7-14/h11-12,14,18H,3-10,13H2,1-2H3. The van der Waals surface area contributed by atoms with Crippen molar-refractivity contribution in [1.82, 2.24) is 10.3 Å². The van der Waals surface area contributed by atoms with E-state index in [0.29, 0.717) is 0 Å². The van der Waals surface area contributed by atoms with Gasteiger partial charge in [0.25, 0.3) is 0 Å². The van der Waals surface area contributed by atoms with Crippen LogP contribution in [0.3, 0.4) is 0 Å². The number of ether oxygens (including phenoxy) is 1. The van der Waals surface area contributed by atoms with E-state index in [1.165, 1.54) is 24.8 Å². The molecule has 0 spiro atoms. The number of rotatable bonds is 10. The molecule has 0 aliphatic heterocycles. The fraction of sp³-hybridized carbons (Fsp3) is 0.706. The van der Waals surface area contributed by atoms with Crippen molar-refractivity contribution in [3.8, 4) is 5.88 Å². The van der Waals surface area contributed by atoms with Gasteiger partial charge in [0.05, 0.1) is 6.61 Å². The summed E-state index contributed by atoms with van der Waals surface area (Å²) in [5.74, 6) is 1.73. The number of nitrogens with zero attached hydrogens (tertiary/aromatic N) is 1. The van der Waals surface area contributed by atoms with Gasteiger partial charge >= 0.3 is 0 Å². The normalized spacial score (nSPS) is 14.5. The molecular formula is C17H28N2O. The SMILES string of the molecule is CCCNCc1cc(CCC)nc(OCCC2CC2)c1. The molecule has 3 heteroatoms. The van der Waals surface area contributed by atoms with Crippen LogP contribution in [0.15, 0.2) is 12.1 Å². The second-order valence-corrected chi connectivity index (χ2v) is 5.81. The summed E-state index contributed by atoms with van der Waals surface area (Å²) >= 11 is 0. The third kappa shape index (κ3) is 5.49. The summed E-state index contributed by atoms with van der Waals surface area (Å²) in [7, 11) is 0. The van der Waals surface area contributed by atoms with E-state index in [4.69, 9.17) is 4.74 Å². The second-order valence-electron chi connectivity index (χ2n) is 5.81. The van der Waals surface area contributed by atoms with Gasteiger partial charge in [-0.15, -0.1) is 0 Å². The van der Waals surface area contributed by atoms with Gasteiger partial charge in [0.2, 0.25) is 5.88 Å². The van der Waals surface area contributed by atoms with Crippen molar-refractivity contribution < 1.29 is 4.74 Å². The minimum atomic E-state index is 0.810. The summed E-state index contributed by atoms with van der Waals surface area (Å²) in [5.41, 5.74) is 2.45. The minimum absolute atomic E-state index is 0.810. The second kappa shape index (κ2) is 8.25. The molecule has 0 amide bonds. The van der Waals surface area contributed by atoms with E-state index in [1.54, 1.807) is 0 Å². The van der Waals surface area contributed by atoms with Crippen LogP contribution in [-0.2, 0) is 13.0 Å². The number of aromatic nitrogens is 1. The summed E-state index contributed by atoms with van der Waals surface area (Å²) < 4.78 is 5.85. The highest BCUT2D eigenvalue weighted by Crippen LogP contribution is 2.32. The van der Waals surface area contributed by atoms with Gasteiger partial charge < -0.3 is 10.1 Å². The zero-order chi connectivity index (χ0) is 14.2. The van der Waals surface area contributed by atoms with Crippen molar-refractivity contribution >= 4 is 0 Å². The molecule has 0 bridgehead atoms. The fourth-order valence-electron chi connectivity index (χ4n) is 2.33. The molecule has 1 aliphatic rings. The Morgan fingerprint density at radius 1 is 1.25 bits per heavy atom. The van der Waals surface area contributed by atoms with E-state index in [-0.39, 0.29) is 0 Å². The van der Waals surface area contributed by atoms with Gasteiger partial charge in [-0.1, -0.05) is 33.1 Å². The number of nitrogens with one attached hydrogen (secondary N) is 1. The Morgan fingerprint density at radius 2 is 2.10 bits per heavy atom. The van der Waals surface area contributed by atoms with Crippen molar-refractivity contribution in [3.63, 3.8) is 0 Å². The van der Waals surface area contributed by atoms with Crippen molar-refractivity contribution in [3.05, 3.63) is 23.4 Å². The first-order valence-corrected chi connectivity index (χ1v) is 8.15. The van der Waals surface area contributed by atoms with Gasteiger partial charge in [0.15, 0.2) is 0 Å². The summed E-state index contributed by atoms with van der Waals surface area (Å²) in [5, 5.41) is 3.45. The van der Waals surface area contributed by atoms with Gasteiger partial charge in [-0.2, -0.15) is 0 Å². The Labute approximate surface area is 123 Å². The van der Waals surface area contributed by atoms with E-state index in [2.05, 4.69) is 36.3 Å². The van der Waals surface area contributed by atoms with E-state index in [1.807, 2.05) is 0 Å². The largest absolute Gasteiger partial charge is 0.478 e. The van der Waals surface area contributed by atoms with E-state index in [9.17, 15) is 0 Å². The quantitative estimate of drug-likeness (QED) is 0.661. The van der Waals surface area contributed by atoms with Crippen molar-refractivity contribution in [2.75, 3.05) is 13.2 Å². The first-order chi connectivity index (χ1) is 9.81. The Kier molecular flexibility index (Phi) is 6.31. The summed E-state index contributed by atoms with van der Waals surface area (Å²) in [6.45, 7) is 7.16. The highest BCUT2D eigenvalue weighted by Gasteiger charge is 2.20. The molecule has 1 saturated carbocycles. The first-order valence-electron chi connectivity index (χ1n) is 8.15. The molecule has 0 atom stereocenters. The van der Waals surface area contributed by atoms with Crippen molar-refractivity contribution in [2.45, 2.75) is 58.9 Å². The molecule has 0 saturated heterocycles. The molecule has 3 nitrogen and oxygen atoms in total. The van der Waals surface area contributed by atoms with Crippen LogP contribution in [0.4, 0.5) is 0 Å². The Bertz CT molecular complexity index is 402.